The van der Waals surface area contributed by atoms with Gasteiger partial charge in [-0.2, -0.15) is 0 Å². The van der Waals surface area contributed by atoms with E-state index in [-0.39, 0.29) is 9.92 Å². The number of nitro benzene ring substituents is 1. The van der Waals surface area contributed by atoms with Crippen LogP contribution in [0, 0.1) is 10.1 Å². The van der Waals surface area contributed by atoms with Crippen molar-refractivity contribution in [3.05, 3.63) is 33.3 Å². The van der Waals surface area contributed by atoms with E-state index >= 15 is 0 Å². The third-order valence-electron chi connectivity index (χ3n) is 2.06. The van der Waals surface area contributed by atoms with Crippen LogP contribution in [0.4, 0.5) is 5.69 Å². The molecule has 0 aliphatic rings. The molecule has 0 fully saturated rings. The van der Waals surface area contributed by atoms with E-state index in [9.17, 15) is 18.5 Å². The van der Waals surface area contributed by atoms with Crippen LogP contribution < -0.4 is 0 Å². The summed E-state index contributed by atoms with van der Waals surface area (Å²) in [7, 11) is -3.51. The average molecular weight is 264 g/mol. The molecule has 0 saturated heterocycles. The maximum absolute atomic E-state index is 11.8. The molecule has 0 radical (unpaired) electrons. The fraction of sp³-hybridized carbons (Fsp3) is 0.333. The van der Waals surface area contributed by atoms with E-state index < -0.39 is 25.7 Å². The highest BCUT2D eigenvalue weighted by Crippen LogP contribution is 2.28. The number of halogens is 1. The van der Waals surface area contributed by atoms with Crippen molar-refractivity contribution in [3.63, 3.8) is 0 Å². The summed E-state index contributed by atoms with van der Waals surface area (Å²) in [5, 5.41) is 9.89. The standard InChI is InChI=1S/C9H10ClNO4S/c1-6(2)16(14,15)7-3-4-8(10)9(5-7)11(12)13/h3-6H,1-2H3. The Bertz CT molecular complexity index is 524. The van der Waals surface area contributed by atoms with Gasteiger partial charge in [-0.15, -0.1) is 0 Å². The van der Waals surface area contributed by atoms with Crippen LogP contribution in [-0.4, -0.2) is 18.6 Å². The smallest absolute Gasteiger partial charge is 0.258 e. The Morgan fingerprint density at radius 2 is 1.94 bits per heavy atom. The summed E-state index contributed by atoms with van der Waals surface area (Å²) in [5.74, 6) is 0. The molecule has 0 unspecified atom stereocenters. The predicted molar refractivity (Wildman–Crippen MR) is 60.4 cm³/mol. The van der Waals surface area contributed by atoms with Gasteiger partial charge in [0.1, 0.15) is 5.02 Å². The summed E-state index contributed by atoms with van der Waals surface area (Å²) in [6.45, 7) is 3.02. The third kappa shape index (κ3) is 2.33. The number of rotatable bonds is 3. The second-order valence-corrected chi connectivity index (χ2v) is 6.38. The van der Waals surface area contributed by atoms with E-state index in [1.807, 2.05) is 0 Å². The van der Waals surface area contributed by atoms with Gasteiger partial charge in [-0.05, 0) is 26.0 Å². The molecule has 5 nitrogen and oxygen atoms in total. The van der Waals surface area contributed by atoms with Crippen LogP contribution in [0.5, 0.6) is 0 Å². The van der Waals surface area contributed by atoms with Crippen molar-refractivity contribution in [2.45, 2.75) is 24.0 Å². The van der Waals surface area contributed by atoms with Gasteiger partial charge < -0.3 is 0 Å². The first-order valence-corrected chi connectivity index (χ1v) is 6.37. The van der Waals surface area contributed by atoms with E-state index in [2.05, 4.69) is 0 Å². The van der Waals surface area contributed by atoms with Crippen molar-refractivity contribution < 1.29 is 13.3 Å². The average Bonchev–Trinajstić information content (AvgIpc) is 2.17. The number of nitrogens with zero attached hydrogens (tertiary/aromatic N) is 1. The summed E-state index contributed by atoms with van der Waals surface area (Å²) in [5.41, 5.74) is -0.400. The van der Waals surface area contributed by atoms with Crippen molar-refractivity contribution in [2.24, 2.45) is 0 Å². The highest BCUT2D eigenvalue weighted by molar-refractivity contribution is 7.92. The first-order chi connectivity index (χ1) is 7.26. The number of sulfone groups is 1. The molecule has 0 heterocycles. The molecule has 1 aromatic carbocycles. The van der Waals surface area contributed by atoms with E-state index in [0.717, 1.165) is 6.07 Å². The van der Waals surface area contributed by atoms with Crippen LogP contribution in [-0.2, 0) is 9.84 Å². The Labute approximate surface area is 98.1 Å². The minimum atomic E-state index is -3.51. The lowest BCUT2D eigenvalue weighted by atomic mass is 10.3. The fourth-order valence-electron chi connectivity index (χ4n) is 1.08. The molecule has 0 N–H and O–H groups in total. The first-order valence-electron chi connectivity index (χ1n) is 4.44. The number of nitro groups is 1. The Morgan fingerprint density at radius 3 is 2.38 bits per heavy atom. The summed E-state index contributed by atoms with van der Waals surface area (Å²) < 4.78 is 23.5. The second-order valence-electron chi connectivity index (χ2n) is 3.46. The highest BCUT2D eigenvalue weighted by Gasteiger charge is 2.23. The van der Waals surface area contributed by atoms with Gasteiger partial charge >= 0.3 is 0 Å². The topological polar surface area (TPSA) is 77.3 Å². The molecule has 7 heteroatoms. The Kier molecular flexibility index (Phi) is 3.54. The lowest BCUT2D eigenvalue weighted by molar-refractivity contribution is -0.384. The normalized spacial score (nSPS) is 11.8. The molecule has 0 amide bonds. The lowest BCUT2D eigenvalue weighted by Crippen LogP contribution is -2.14. The van der Waals surface area contributed by atoms with Crippen molar-refractivity contribution in [3.8, 4) is 0 Å². The van der Waals surface area contributed by atoms with E-state index in [1.54, 1.807) is 0 Å². The largest absolute Gasteiger partial charge is 0.289 e. The molecule has 0 aliphatic heterocycles. The Morgan fingerprint density at radius 1 is 1.38 bits per heavy atom. The maximum Gasteiger partial charge on any atom is 0.289 e. The van der Waals surface area contributed by atoms with Gasteiger partial charge in [-0.1, -0.05) is 11.6 Å². The van der Waals surface area contributed by atoms with Crippen LogP contribution in [0.3, 0.4) is 0 Å². The van der Waals surface area contributed by atoms with Crippen molar-refractivity contribution in [1.29, 1.82) is 0 Å². The van der Waals surface area contributed by atoms with E-state index in [4.69, 9.17) is 11.6 Å². The van der Waals surface area contributed by atoms with Crippen LogP contribution in [0.25, 0.3) is 0 Å². The van der Waals surface area contributed by atoms with Gasteiger partial charge in [-0.25, -0.2) is 8.42 Å². The van der Waals surface area contributed by atoms with Gasteiger partial charge in [0.25, 0.3) is 5.69 Å². The highest BCUT2D eigenvalue weighted by atomic mass is 35.5. The molecule has 0 bridgehead atoms. The Balaban J connectivity index is 3.40. The molecule has 0 atom stereocenters. The van der Waals surface area contributed by atoms with Gasteiger partial charge in [0.15, 0.2) is 9.84 Å². The number of hydrogen-bond acceptors (Lipinski definition) is 4. The number of benzene rings is 1. The molecular weight excluding hydrogens is 254 g/mol. The van der Waals surface area contributed by atoms with E-state index in [1.165, 1.54) is 26.0 Å². The quantitative estimate of drug-likeness (QED) is 0.620. The second kappa shape index (κ2) is 4.39. The summed E-state index contributed by atoms with van der Waals surface area (Å²) in [6.07, 6.45) is 0. The Hall–Kier alpha value is -1.14. The summed E-state index contributed by atoms with van der Waals surface area (Å²) >= 11 is 5.58. The van der Waals surface area contributed by atoms with Gasteiger partial charge in [-0.3, -0.25) is 10.1 Å². The molecule has 0 saturated carbocycles. The van der Waals surface area contributed by atoms with Gasteiger partial charge in [0.2, 0.25) is 0 Å². The zero-order chi connectivity index (χ0) is 12.5. The monoisotopic (exact) mass is 263 g/mol. The molecule has 1 aromatic rings. The summed E-state index contributed by atoms with van der Waals surface area (Å²) in [4.78, 5) is 9.81. The zero-order valence-electron chi connectivity index (χ0n) is 8.68. The van der Waals surface area contributed by atoms with Crippen LogP contribution in [0.1, 0.15) is 13.8 Å². The van der Waals surface area contributed by atoms with Crippen LogP contribution >= 0.6 is 11.6 Å². The van der Waals surface area contributed by atoms with Crippen molar-refractivity contribution in [1.82, 2.24) is 0 Å². The molecular formula is C9H10ClNO4S. The molecule has 0 spiro atoms. The minimum Gasteiger partial charge on any atom is -0.258 e. The predicted octanol–water partition coefficient (Wildman–Crippen LogP) is 2.43. The van der Waals surface area contributed by atoms with E-state index in [0.29, 0.717) is 0 Å². The van der Waals surface area contributed by atoms with Crippen LogP contribution in [0.2, 0.25) is 5.02 Å². The first kappa shape index (κ1) is 12.9. The zero-order valence-corrected chi connectivity index (χ0v) is 10.2. The van der Waals surface area contributed by atoms with Gasteiger partial charge in [0, 0.05) is 6.07 Å². The molecule has 0 aliphatic carbocycles. The lowest BCUT2D eigenvalue weighted by Gasteiger charge is -2.07. The molecule has 1 rings (SSSR count). The van der Waals surface area contributed by atoms with Crippen molar-refractivity contribution in [2.75, 3.05) is 0 Å². The fourth-order valence-corrected chi connectivity index (χ4v) is 2.35. The summed E-state index contributed by atoms with van der Waals surface area (Å²) in [6, 6.07) is 3.47. The molecule has 16 heavy (non-hydrogen) atoms. The SMILES string of the molecule is CC(C)S(=O)(=O)c1ccc(Cl)c([N+](=O)[O-])c1. The molecule has 88 valence electrons. The number of hydrogen-bond donors (Lipinski definition) is 0. The molecule has 0 aromatic heterocycles. The van der Waals surface area contributed by atoms with Crippen LogP contribution in [0.15, 0.2) is 23.1 Å². The third-order valence-corrected chi connectivity index (χ3v) is 4.54. The minimum absolute atomic E-state index is 0.0762. The van der Waals surface area contributed by atoms with Crippen molar-refractivity contribution >= 4 is 27.1 Å². The maximum atomic E-state index is 11.8. The van der Waals surface area contributed by atoms with Gasteiger partial charge in [0.05, 0.1) is 15.1 Å².